The largest absolute Gasteiger partial charge is 0.377 e. The maximum absolute atomic E-state index is 12.9. The minimum absolute atomic E-state index is 0.108. The van der Waals surface area contributed by atoms with Gasteiger partial charge in [0.05, 0.1) is 5.25 Å². The third-order valence-electron chi connectivity index (χ3n) is 10.5. The fourth-order valence-corrected chi connectivity index (χ4v) is 10.2. The smallest absolute Gasteiger partial charge is 0.235 e. The summed E-state index contributed by atoms with van der Waals surface area (Å²) in [4.78, 5) is 12.3. The predicted molar refractivity (Wildman–Crippen MR) is 150 cm³/mol. The van der Waals surface area contributed by atoms with Crippen LogP contribution in [0.4, 0.5) is 5.69 Å². The van der Waals surface area contributed by atoms with E-state index in [-0.39, 0.29) is 22.4 Å². The van der Waals surface area contributed by atoms with Gasteiger partial charge in [-0.15, -0.1) is 5.92 Å². The molecule has 6 heteroatoms. The molecule has 5 aliphatic rings. The molecule has 0 saturated heterocycles. The van der Waals surface area contributed by atoms with E-state index in [9.17, 15) is 18.3 Å². The van der Waals surface area contributed by atoms with Crippen molar-refractivity contribution in [2.45, 2.75) is 101 Å². The van der Waals surface area contributed by atoms with Crippen LogP contribution in [-0.2, 0) is 14.8 Å². The molecule has 38 heavy (non-hydrogen) atoms. The van der Waals surface area contributed by atoms with E-state index in [1.165, 1.54) is 16.7 Å². The second kappa shape index (κ2) is 9.38. The average Bonchev–Trinajstić information content (AvgIpc) is 3.52. The predicted octanol–water partition coefficient (Wildman–Crippen LogP) is 6.02. The molecule has 0 heterocycles. The van der Waals surface area contributed by atoms with Crippen molar-refractivity contribution in [1.82, 2.24) is 0 Å². The molecule has 0 radical (unpaired) electrons. The Hall–Kier alpha value is -2.36. The number of benzene rings is 1. The molecular weight excluding hydrogens is 494 g/mol. The fourth-order valence-electron chi connectivity index (χ4n) is 8.61. The maximum atomic E-state index is 12.9. The molecule has 5 atom stereocenters. The molecule has 0 aromatic heterocycles. The van der Waals surface area contributed by atoms with Gasteiger partial charge in [-0.1, -0.05) is 43.4 Å². The molecule has 202 valence electrons. The van der Waals surface area contributed by atoms with Crippen LogP contribution in [0.2, 0.25) is 0 Å². The van der Waals surface area contributed by atoms with Gasteiger partial charge >= 0.3 is 0 Å². The molecule has 2 N–H and O–H groups in total. The van der Waals surface area contributed by atoms with E-state index in [0.717, 1.165) is 63.4 Å². The van der Waals surface area contributed by atoms with Gasteiger partial charge < -0.3 is 5.11 Å². The summed E-state index contributed by atoms with van der Waals surface area (Å²) in [5.41, 5.74) is 4.47. The number of aliphatic hydroxyl groups is 1. The van der Waals surface area contributed by atoms with Gasteiger partial charge in [-0.2, -0.15) is 0 Å². The number of hydrogen-bond acceptors (Lipinski definition) is 4. The third-order valence-corrected chi connectivity index (χ3v) is 12.4. The summed E-state index contributed by atoms with van der Waals surface area (Å²) in [6.07, 6.45) is 11.0. The monoisotopic (exact) mass is 533 g/mol. The van der Waals surface area contributed by atoms with Gasteiger partial charge in [-0.05, 0) is 105 Å². The van der Waals surface area contributed by atoms with E-state index in [1.54, 1.807) is 0 Å². The number of ketones is 1. The maximum Gasteiger partial charge on any atom is 0.235 e. The van der Waals surface area contributed by atoms with Crippen molar-refractivity contribution in [2.24, 2.45) is 17.3 Å². The van der Waals surface area contributed by atoms with Crippen molar-refractivity contribution in [2.75, 3.05) is 4.72 Å². The molecular formula is C32H39NO4S. The molecule has 3 fully saturated rings. The second-order valence-corrected chi connectivity index (χ2v) is 14.4. The average molecular weight is 534 g/mol. The molecule has 5 nitrogen and oxygen atoms in total. The van der Waals surface area contributed by atoms with Crippen molar-refractivity contribution in [3.05, 3.63) is 52.6 Å². The first-order valence-corrected chi connectivity index (χ1v) is 15.9. The Kier molecular flexibility index (Phi) is 6.39. The van der Waals surface area contributed by atoms with E-state index in [0.29, 0.717) is 30.4 Å². The Morgan fingerprint density at radius 3 is 2.47 bits per heavy atom. The summed E-state index contributed by atoms with van der Waals surface area (Å²) in [7, 11) is -3.38. The van der Waals surface area contributed by atoms with Crippen molar-refractivity contribution in [3.63, 3.8) is 0 Å². The molecule has 0 amide bonds. The molecule has 0 unspecified atom stereocenters. The van der Waals surface area contributed by atoms with Crippen LogP contribution in [0, 0.1) is 29.1 Å². The minimum atomic E-state index is -3.38. The molecule has 3 saturated carbocycles. The quantitative estimate of drug-likeness (QED) is 0.463. The van der Waals surface area contributed by atoms with Gasteiger partial charge in [0.1, 0.15) is 5.60 Å². The first kappa shape index (κ1) is 25.9. The lowest BCUT2D eigenvalue weighted by molar-refractivity contribution is -0.114. The SMILES string of the molecule is CC#C[C@]1(O)CC[C@H]2[C@@H]3CCC4=CC(=O)CCC4=C3[C@@H](c3ccc(NS(=O)(=O)C4CCCC4)cc3)C[C@@]21C. The zero-order valence-corrected chi connectivity index (χ0v) is 23.4. The van der Waals surface area contributed by atoms with Crippen LogP contribution in [0.1, 0.15) is 96.0 Å². The van der Waals surface area contributed by atoms with E-state index >= 15 is 0 Å². The van der Waals surface area contributed by atoms with Crippen LogP contribution in [0.5, 0.6) is 0 Å². The Morgan fingerprint density at radius 2 is 1.76 bits per heavy atom. The van der Waals surface area contributed by atoms with Crippen LogP contribution >= 0.6 is 0 Å². The zero-order valence-electron chi connectivity index (χ0n) is 22.6. The Morgan fingerprint density at radius 1 is 1.03 bits per heavy atom. The summed E-state index contributed by atoms with van der Waals surface area (Å²) in [5, 5.41) is 11.5. The van der Waals surface area contributed by atoms with Crippen molar-refractivity contribution >= 4 is 21.5 Å². The van der Waals surface area contributed by atoms with Crippen LogP contribution in [-0.4, -0.2) is 30.2 Å². The first-order chi connectivity index (χ1) is 18.1. The standard InChI is InChI=1S/C32H39NO4S/c1-3-17-32(35)18-16-29-27-14-10-22-19-24(34)13-15-26(22)30(27)28(20-31(29,32)2)21-8-11-23(12-9-21)33-38(36,37)25-6-4-5-7-25/h8-9,11-12,19,25,27-29,33,35H,4-7,10,13-16,18,20H2,1-2H3/t27-,28+,29-,31-,32-/m0/s1. The van der Waals surface area contributed by atoms with Crippen LogP contribution in [0.25, 0.3) is 0 Å². The van der Waals surface area contributed by atoms with Gasteiger partial charge in [0.15, 0.2) is 5.78 Å². The molecule has 5 aliphatic carbocycles. The number of anilines is 1. The van der Waals surface area contributed by atoms with Gasteiger partial charge in [-0.3, -0.25) is 9.52 Å². The number of hydrogen-bond donors (Lipinski definition) is 2. The van der Waals surface area contributed by atoms with Crippen LogP contribution in [0.3, 0.4) is 0 Å². The summed E-state index contributed by atoms with van der Waals surface area (Å²) < 4.78 is 28.6. The number of carbonyl (C=O) groups excluding carboxylic acids is 1. The van der Waals surface area contributed by atoms with Gasteiger partial charge in [0.2, 0.25) is 10.0 Å². The summed E-state index contributed by atoms with van der Waals surface area (Å²) in [6.45, 7) is 4.05. The number of carbonyl (C=O) groups is 1. The highest BCUT2D eigenvalue weighted by molar-refractivity contribution is 7.93. The van der Waals surface area contributed by atoms with E-state index in [1.807, 2.05) is 25.1 Å². The molecule has 0 aliphatic heterocycles. The highest BCUT2D eigenvalue weighted by Crippen LogP contribution is 2.66. The number of allylic oxidation sites excluding steroid dienone is 4. The topological polar surface area (TPSA) is 83.5 Å². The van der Waals surface area contributed by atoms with Crippen molar-refractivity contribution < 1.29 is 18.3 Å². The number of rotatable bonds is 4. The van der Waals surface area contributed by atoms with E-state index in [2.05, 4.69) is 35.6 Å². The molecule has 0 spiro atoms. The number of nitrogens with one attached hydrogen (secondary N) is 1. The van der Waals surface area contributed by atoms with Crippen LogP contribution < -0.4 is 4.72 Å². The normalized spacial score (nSPS) is 35.1. The molecule has 6 rings (SSSR count). The lowest BCUT2D eigenvalue weighted by Gasteiger charge is -2.53. The summed E-state index contributed by atoms with van der Waals surface area (Å²) >= 11 is 0. The highest BCUT2D eigenvalue weighted by Gasteiger charge is 2.62. The van der Waals surface area contributed by atoms with E-state index < -0.39 is 15.6 Å². The Bertz CT molecular complexity index is 1370. The van der Waals surface area contributed by atoms with E-state index in [4.69, 9.17) is 0 Å². The van der Waals surface area contributed by atoms with Gasteiger partial charge in [-0.25, -0.2) is 8.42 Å². The van der Waals surface area contributed by atoms with Crippen molar-refractivity contribution in [1.29, 1.82) is 0 Å². The third kappa shape index (κ3) is 4.09. The Labute approximate surface area is 227 Å². The zero-order chi connectivity index (χ0) is 26.7. The summed E-state index contributed by atoms with van der Waals surface area (Å²) in [6, 6.07) is 7.92. The fraction of sp³-hybridized carbons (Fsp3) is 0.594. The number of fused-ring (bicyclic) bond motifs is 4. The lowest BCUT2D eigenvalue weighted by Crippen LogP contribution is -2.51. The first-order valence-electron chi connectivity index (χ1n) is 14.4. The lowest BCUT2D eigenvalue weighted by atomic mass is 9.51. The molecule has 0 bridgehead atoms. The van der Waals surface area contributed by atoms with Crippen LogP contribution in [0.15, 0.2) is 47.1 Å². The second-order valence-electron chi connectivity index (χ2n) is 12.4. The summed E-state index contributed by atoms with van der Waals surface area (Å²) in [5.74, 6) is 7.29. The molecule has 1 aromatic carbocycles. The Balaban J connectivity index is 1.39. The van der Waals surface area contributed by atoms with Gasteiger partial charge in [0, 0.05) is 23.4 Å². The van der Waals surface area contributed by atoms with Gasteiger partial charge in [0.25, 0.3) is 0 Å². The minimum Gasteiger partial charge on any atom is -0.377 e. The van der Waals surface area contributed by atoms with Crippen molar-refractivity contribution in [3.8, 4) is 11.8 Å². The molecule has 1 aromatic rings. The highest BCUT2D eigenvalue weighted by atomic mass is 32.2. The number of sulfonamides is 1.